The number of sulfonamides is 1. The minimum absolute atomic E-state index is 0.0810. The van der Waals surface area contributed by atoms with Crippen LogP contribution in [0.15, 0.2) is 29.2 Å². The molecule has 7 heteroatoms. The number of hydrogen-bond donors (Lipinski definition) is 1. The minimum Gasteiger partial charge on any atom is -0.343 e. The van der Waals surface area contributed by atoms with Crippen LogP contribution in [0.25, 0.3) is 0 Å². The Morgan fingerprint density at radius 1 is 1.36 bits per heavy atom. The average molecular weight is 324 g/mol. The Morgan fingerprint density at radius 3 is 2.77 bits per heavy atom. The molecule has 0 bridgehead atoms. The molecule has 0 spiro atoms. The molecule has 2 rings (SSSR count). The lowest BCUT2D eigenvalue weighted by Gasteiger charge is -2.15. The molecule has 1 aliphatic heterocycles. The maximum absolute atomic E-state index is 12.2. The van der Waals surface area contributed by atoms with Crippen molar-refractivity contribution in [3.05, 3.63) is 29.8 Å². The number of likely N-dealkylation sites (tertiary alicyclic amines) is 1. The maximum atomic E-state index is 12.2. The second kappa shape index (κ2) is 7.02. The molecule has 1 aromatic rings. The second-order valence-corrected chi connectivity index (χ2v) is 7.09. The SMILES string of the molecule is CC(=O)c1cccc(S(=O)(=O)NCCCN2CCCC2=O)c1. The number of nitrogens with zero attached hydrogens (tertiary/aromatic N) is 1. The molecule has 1 fully saturated rings. The van der Waals surface area contributed by atoms with Gasteiger partial charge >= 0.3 is 0 Å². The fourth-order valence-electron chi connectivity index (χ4n) is 2.38. The third kappa shape index (κ3) is 4.14. The molecule has 6 nitrogen and oxygen atoms in total. The highest BCUT2D eigenvalue weighted by atomic mass is 32.2. The monoisotopic (exact) mass is 324 g/mol. The fraction of sp³-hybridized carbons (Fsp3) is 0.467. The van der Waals surface area contributed by atoms with Crippen LogP contribution in [0.3, 0.4) is 0 Å². The van der Waals surface area contributed by atoms with Gasteiger partial charge < -0.3 is 4.90 Å². The summed E-state index contributed by atoms with van der Waals surface area (Å²) in [5.74, 6) is -0.0402. The van der Waals surface area contributed by atoms with E-state index in [4.69, 9.17) is 0 Å². The first-order valence-electron chi connectivity index (χ1n) is 7.28. The Hall–Kier alpha value is -1.73. The van der Waals surface area contributed by atoms with Gasteiger partial charge in [0.05, 0.1) is 4.90 Å². The van der Waals surface area contributed by atoms with Crippen molar-refractivity contribution < 1.29 is 18.0 Å². The van der Waals surface area contributed by atoms with Gasteiger partial charge in [0.25, 0.3) is 0 Å². The number of amides is 1. The number of rotatable bonds is 7. The van der Waals surface area contributed by atoms with Gasteiger partial charge in [0.2, 0.25) is 15.9 Å². The van der Waals surface area contributed by atoms with Crippen LogP contribution in [0.4, 0.5) is 0 Å². The van der Waals surface area contributed by atoms with Crippen molar-refractivity contribution in [1.29, 1.82) is 0 Å². The van der Waals surface area contributed by atoms with Gasteiger partial charge in [-0.25, -0.2) is 13.1 Å². The first kappa shape index (κ1) is 16.6. The number of nitrogens with one attached hydrogen (secondary N) is 1. The first-order chi connectivity index (χ1) is 10.4. The van der Waals surface area contributed by atoms with Crippen molar-refractivity contribution in [3.63, 3.8) is 0 Å². The molecular formula is C15H20N2O4S. The number of ketones is 1. The van der Waals surface area contributed by atoms with Crippen LogP contribution < -0.4 is 4.72 Å². The fourth-order valence-corrected chi connectivity index (χ4v) is 3.50. The van der Waals surface area contributed by atoms with Crippen LogP contribution in [0.5, 0.6) is 0 Å². The standard InChI is InChI=1S/C15H20N2O4S/c1-12(18)13-5-2-6-14(11-13)22(20,21)16-8-4-10-17-9-3-7-15(17)19/h2,5-6,11,16H,3-4,7-10H2,1H3. The smallest absolute Gasteiger partial charge is 0.240 e. The van der Waals surface area contributed by atoms with Gasteiger partial charge in [-0.1, -0.05) is 12.1 Å². The summed E-state index contributed by atoms with van der Waals surface area (Å²) in [6, 6.07) is 5.96. The summed E-state index contributed by atoms with van der Waals surface area (Å²) in [4.78, 5) is 24.6. The molecule has 0 unspecified atom stereocenters. The number of Topliss-reactive ketones (excluding diaryl/α,β-unsaturated/α-hetero) is 1. The van der Waals surface area contributed by atoms with E-state index >= 15 is 0 Å². The van der Waals surface area contributed by atoms with E-state index < -0.39 is 10.0 Å². The molecule has 1 saturated heterocycles. The van der Waals surface area contributed by atoms with Crippen molar-refractivity contribution in [2.45, 2.75) is 31.1 Å². The zero-order valence-corrected chi connectivity index (χ0v) is 13.4. The Balaban J connectivity index is 1.89. The lowest BCUT2D eigenvalue weighted by atomic mass is 10.2. The van der Waals surface area contributed by atoms with Gasteiger partial charge in [0, 0.05) is 31.6 Å². The molecule has 0 aromatic heterocycles. The zero-order valence-electron chi connectivity index (χ0n) is 12.5. The van der Waals surface area contributed by atoms with Crippen molar-refractivity contribution in [1.82, 2.24) is 9.62 Å². The molecule has 1 N–H and O–H groups in total. The lowest BCUT2D eigenvalue weighted by Crippen LogP contribution is -2.30. The lowest BCUT2D eigenvalue weighted by molar-refractivity contribution is -0.127. The van der Waals surface area contributed by atoms with E-state index in [1.54, 1.807) is 17.0 Å². The summed E-state index contributed by atoms with van der Waals surface area (Å²) in [6.45, 7) is 2.98. The zero-order chi connectivity index (χ0) is 16.2. The van der Waals surface area contributed by atoms with E-state index in [0.717, 1.165) is 13.0 Å². The number of carbonyl (C=O) groups excluding carboxylic acids is 2. The summed E-state index contributed by atoms with van der Waals surface area (Å²) in [5, 5.41) is 0. The van der Waals surface area contributed by atoms with Crippen LogP contribution in [-0.2, 0) is 14.8 Å². The summed E-state index contributed by atoms with van der Waals surface area (Å²) in [5.41, 5.74) is 0.366. The number of carbonyl (C=O) groups is 2. The molecule has 1 aliphatic rings. The van der Waals surface area contributed by atoms with Crippen molar-refractivity contribution in [2.75, 3.05) is 19.6 Å². The quantitative estimate of drug-likeness (QED) is 0.603. The Morgan fingerprint density at radius 2 is 2.14 bits per heavy atom. The molecule has 0 atom stereocenters. The van der Waals surface area contributed by atoms with E-state index in [1.165, 1.54) is 19.1 Å². The number of benzene rings is 1. The Bertz CT molecular complexity index is 670. The van der Waals surface area contributed by atoms with Gasteiger partial charge in [0.15, 0.2) is 5.78 Å². The molecular weight excluding hydrogens is 304 g/mol. The first-order valence-corrected chi connectivity index (χ1v) is 8.77. The van der Waals surface area contributed by atoms with Gasteiger partial charge in [-0.2, -0.15) is 0 Å². The van der Waals surface area contributed by atoms with Crippen LogP contribution in [0, 0.1) is 0 Å². The van der Waals surface area contributed by atoms with E-state index in [2.05, 4.69) is 4.72 Å². The normalized spacial score (nSPS) is 15.3. The third-order valence-electron chi connectivity index (χ3n) is 3.62. The van der Waals surface area contributed by atoms with E-state index in [1.807, 2.05) is 0 Å². The van der Waals surface area contributed by atoms with Crippen LogP contribution in [-0.4, -0.2) is 44.6 Å². The number of hydrogen-bond acceptors (Lipinski definition) is 4. The highest BCUT2D eigenvalue weighted by Crippen LogP contribution is 2.12. The van der Waals surface area contributed by atoms with E-state index in [0.29, 0.717) is 24.9 Å². The molecule has 0 radical (unpaired) electrons. The summed E-state index contributed by atoms with van der Waals surface area (Å²) >= 11 is 0. The van der Waals surface area contributed by atoms with Gasteiger partial charge in [-0.05, 0) is 31.9 Å². The third-order valence-corrected chi connectivity index (χ3v) is 5.08. The summed E-state index contributed by atoms with van der Waals surface area (Å²) in [6.07, 6.45) is 2.03. The van der Waals surface area contributed by atoms with E-state index in [9.17, 15) is 18.0 Å². The van der Waals surface area contributed by atoms with Crippen molar-refractivity contribution in [3.8, 4) is 0 Å². The molecule has 1 heterocycles. The maximum Gasteiger partial charge on any atom is 0.240 e. The highest BCUT2D eigenvalue weighted by molar-refractivity contribution is 7.89. The van der Waals surface area contributed by atoms with Crippen molar-refractivity contribution in [2.24, 2.45) is 0 Å². The molecule has 1 amide bonds. The summed E-state index contributed by atoms with van der Waals surface area (Å²) in [7, 11) is -3.63. The molecule has 120 valence electrons. The van der Waals surface area contributed by atoms with E-state index in [-0.39, 0.29) is 23.1 Å². The van der Waals surface area contributed by atoms with Crippen LogP contribution in [0.2, 0.25) is 0 Å². The van der Waals surface area contributed by atoms with Crippen LogP contribution in [0.1, 0.15) is 36.5 Å². The summed E-state index contributed by atoms with van der Waals surface area (Å²) < 4.78 is 26.8. The van der Waals surface area contributed by atoms with Crippen LogP contribution >= 0.6 is 0 Å². The Kier molecular flexibility index (Phi) is 5.31. The molecule has 22 heavy (non-hydrogen) atoms. The van der Waals surface area contributed by atoms with Gasteiger partial charge in [0.1, 0.15) is 0 Å². The predicted molar refractivity (Wildman–Crippen MR) is 82.1 cm³/mol. The molecule has 1 aromatic carbocycles. The molecule has 0 aliphatic carbocycles. The average Bonchev–Trinajstić information content (AvgIpc) is 2.89. The van der Waals surface area contributed by atoms with Gasteiger partial charge in [-0.3, -0.25) is 9.59 Å². The minimum atomic E-state index is -3.63. The molecule has 0 saturated carbocycles. The second-order valence-electron chi connectivity index (χ2n) is 5.32. The topological polar surface area (TPSA) is 83.6 Å². The predicted octanol–water partition coefficient (Wildman–Crippen LogP) is 1.18. The Labute approximate surface area is 130 Å². The van der Waals surface area contributed by atoms with Gasteiger partial charge in [-0.15, -0.1) is 0 Å². The van der Waals surface area contributed by atoms with Crippen molar-refractivity contribution >= 4 is 21.7 Å². The highest BCUT2D eigenvalue weighted by Gasteiger charge is 2.20. The largest absolute Gasteiger partial charge is 0.343 e.